The van der Waals surface area contributed by atoms with Gasteiger partial charge in [-0.25, -0.2) is 0 Å². The molecule has 1 saturated heterocycles. The minimum absolute atomic E-state index is 0.428. The summed E-state index contributed by atoms with van der Waals surface area (Å²) in [7, 11) is 0. The molecule has 3 aliphatic carbocycles. The van der Waals surface area contributed by atoms with Crippen molar-refractivity contribution in [3.63, 3.8) is 0 Å². The molecule has 33 heavy (non-hydrogen) atoms. The van der Waals surface area contributed by atoms with E-state index in [0.717, 1.165) is 19.8 Å². The molecule has 0 unspecified atom stereocenters. The molecule has 2 bridgehead atoms. The molecule has 1 aliphatic heterocycles. The van der Waals surface area contributed by atoms with Crippen molar-refractivity contribution in [2.24, 2.45) is 0 Å². The largest absolute Gasteiger partial charge is 0.281 e. The van der Waals surface area contributed by atoms with Crippen LogP contribution in [0.1, 0.15) is 45.2 Å². The van der Waals surface area contributed by atoms with E-state index in [-0.39, 0.29) is 0 Å². The van der Waals surface area contributed by atoms with Crippen LogP contribution in [0.5, 0.6) is 0 Å². The van der Waals surface area contributed by atoms with Crippen LogP contribution in [0, 0.1) is 0 Å². The van der Waals surface area contributed by atoms with Crippen molar-refractivity contribution in [1.29, 1.82) is 0 Å². The highest BCUT2D eigenvalue weighted by atomic mass is 15.4. The Balaban J connectivity index is 1.37. The van der Waals surface area contributed by atoms with Crippen LogP contribution in [0.3, 0.4) is 0 Å². The third-order valence-corrected chi connectivity index (χ3v) is 8.03. The first kappa shape index (κ1) is 19.3. The molecule has 0 aromatic heterocycles. The van der Waals surface area contributed by atoms with Crippen LogP contribution in [-0.2, 0) is 13.1 Å². The van der Waals surface area contributed by atoms with E-state index in [4.69, 9.17) is 0 Å². The van der Waals surface area contributed by atoms with Crippen LogP contribution in [0.2, 0.25) is 0 Å². The van der Waals surface area contributed by atoms with E-state index in [2.05, 4.69) is 119 Å². The van der Waals surface area contributed by atoms with E-state index < -0.39 is 0 Å². The zero-order valence-electron chi connectivity index (χ0n) is 18.7. The molecule has 0 N–H and O–H groups in total. The predicted octanol–water partition coefficient (Wildman–Crippen LogP) is 5.99. The lowest BCUT2D eigenvalue weighted by Gasteiger charge is -2.51. The zero-order chi connectivity index (χ0) is 21.8. The predicted molar refractivity (Wildman–Crippen MR) is 133 cm³/mol. The first-order valence-corrected chi connectivity index (χ1v) is 12.1. The molecule has 4 aromatic carbocycles. The Bertz CT molecular complexity index is 1140. The average molecular weight is 429 g/mol. The maximum absolute atomic E-state index is 2.76. The van der Waals surface area contributed by atoms with Gasteiger partial charge in [-0.3, -0.25) is 9.80 Å². The summed E-state index contributed by atoms with van der Waals surface area (Å²) in [6.07, 6.45) is 0. The van der Waals surface area contributed by atoms with Gasteiger partial charge in [0.15, 0.2) is 0 Å². The number of benzene rings is 4. The molecule has 162 valence electrons. The number of hydrogen-bond acceptors (Lipinski definition) is 2. The van der Waals surface area contributed by atoms with E-state index in [0.29, 0.717) is 23.9 Å². The Labute approximate surface area is 196 Å². The summed E-state index contributed by atoms with van der Waals surface area (Å²) >= 11 is 0. The molecule has 0 amide bonds. The molecule has 4 aromatic rings. The number of rotatable bonds is 4. The Kier molecular flexibility index (Phi) is 4.49. The number of hydrogen-bond donors (Lipinski definition) is 0. The van der Waals surface area contributed by atoms with Gasteiger partial charge in [0.05, 0.1) is 6.67 Å². The fraction of sp³-hybridized carbons (Fsp3) is 0.226. The van der Waals surface area contributed by atoms with Crippen LogP contribution < -0.4 is 0 Å². The van der Waals surface area contributed by atoms with Gasteiger partial charge in [-0.2, -0.15) is 0 Å². The Morgan fingerprint density at radius 1 is 0.455 bits per heavy atom. The minimum atomic E-state index is 0.428. The molecule has 1 fully saturated rings. The van der Waals surface area contributed by atoms with Gasteiger partial charge in [0.25, 0.3) is 0 Å². The molecule has 2 nitrogen and oxygen atoms in total. The molecule has 1 heterocycles. The molecular weight excluding hydrogens is 400 g/mol. The van der Waals surface area contributed by atoms with E-state index in [1.54, 1.807) is 22.3 Å². The highest BCUT2D eigenvalue weighted by Crippen LogP contribution is 2.57. The lowest BCUT2D eigenvalue weighted by atomic mass is 9.59. The van der Waals surface area contributed by atoms with Gasteiger partial charge in [-0.05, 0) is 33.4 Å². The summed E-state index contributed by atoms with van der Waals surface area (Å²) in [4.78, 5) is 5.51. The molecule has 0 radical (unpaired) electrons. The van der Waals surface area contributed by atoms with Crippen LogP contribution in [0.15, 0.2) is 109 Å². The second-order valence-corrected chi connectivity index (χ2v) is 9.80. The zero-order valence-corrected chi connectivity index (χ0v) is 18.7. The van der Waals surface area contributed by atoms with Gasteiger partial charge in [-0.15, -0.1) is 0 Å². The van der Waals surface area contributed by atoms with Gasteiger partial charge in [-0.1, -0.05) is 109 Å². The van der Waals surface area contributed by atoms with Gasteiger partial charge < -0.3 is 0 Å². The van der Waals surface area contributed by atoms with Crippen molar-refractivity contribution in [1.82, 2.24) is 9.80 Å². The van der Waals surface area contributed by atoms with Crippen molar-refractivity contribution in [2.45, 2.75) is 37.0 Å². The summed E-state index contributed by atoms with van der Waals surface area (Å²) < 4.78 is 0. The SMILES string of the molecule is c1ccc(CN2CN(Cc3ccccc3)[C@H]3C4c5ccccc5C(c5ccccc54)[C@H]32)cc1. The molecule has 2 atom stereocenters. The molecular formula is C31H28N2. The third-order valence-electron chi connectivity index (χ3n) is 8.03. The maximum Gasteiger partial charge on any atom is 0.0520 e. The highest BCUT2D eigenvalue weighted by molar-refractivity contribution is 5.59. The van der Waals surface area contributed by atoms with E-state index in [1.807, 2.05) is 0 Å². The monoisotopic (exact) mass is 428 g/mol. The van der Waals surface area contributed by atoms with Crippen LogP contribution in [0.25, 0.3) is 0 Å². The summed E-state index contributed by atoms with van der Waals surface area (Å²) in [6.45, 7) is 3.01. The fourth-order valence-corrected chi connectivity index (χ4v) is 6.84. The third kappa shape index (κ3) is 3.02. The molecule has 0 saturated carbocycles. The van der Waals surface area contributed by atoms with E-state index >= 15 is 0 Å². The molecule has 8 rings (SSSR count). The van der Waals surface area contributed by atoms with Crippen molar-refractivity contribution >= 4 is 0 Å². The van der Waals surface area contributed by atoms with Gasteiger partial charge in [0.2, 0.25) is 0 Å². The van der Waals surface area contributed by atoms with Crippen LogP contribution in [-0.4, -0.2) is 28.6 Å². The molecule has 2 heteroatoms. The first-order chi connectivity index (χ1) is 16.4. The topological polar surface area (TPSA) is 6.48 Å². The smallest absolute Gasteiger partial charge is 0.0520 e. The maximum atomic E-state index is 2.76. The normalized spacial score (nSPS) is 25.5. The summed E-state index contributed by atoms with van der Waals surface area (Å²) in [5.74, 6) is 0.855. The van der Waals surface area contributed by atoms with Gasteiger partial charge in [0, 0.05) is 37.0 Å². The van der Waals surface area contributed by atoms with E-state index in [1.165, 1.54) is 11.1 Å². The van der Waals surface area contributed by atoms with Crippen molar-refractivity contribution in [2.75, 3.05) is 6.67 Å². The molecule has 4 aliphatic rings. The summed E-state index contributed by atoms with van der Waals surface area (Å²) in [6, 6.07) is 41.5. The van der Waals surface area contributed by atoms with Crippen molar-refractivity contribution in [3.05, 3.63) is 143 Å². The first-order valence-electron chi connectivity index (χ1n) is 12.1. The average Bonchev–Trinajstić information content (AvgIpc) is 3.23. The Morgan fingerprint density at radius 3 is 1.15 bits per heavy atom. The summed E-state index contributed by atoms with van der Waals surface area (Å²) in [5.41, 5.74) is 8.98. The van der Waals surface area contributed by atoms with Crippen LogP contribution >= 0.6 is 0 Å². The highest BCUT2D eigenvalue weighted by Gasteiger charge is 2.56. The van der Waals surface area contributed by atoms with Crippen molar-refractivity contribution < 1.29 is 0 Å². The Hall–Kier alpha value is -3.20. The standard InChI is InChI=1S/C31H28N2/c1-3-11-22(12-4-1)19-32-21-33(20-23-13-5-2-6-14-23)31-29-26-17-9-7-15-24(26)28(30(31)32)25-16-8-10-18-27(25)29/h1-18,28-31H,19-21H2/t28?,29?,30-,31+. The van der Waals surface area contributed by atoms with E-state index in [9.17, 15) is 0 Å². The Morgan fingerprint density at radius 2 is 0.788 bits per heavy atom. The fourth-order valence-electron chi connectivity index (χ4n) is 6.84. The lowest BCUT2D eigenvalue weighted by Crippen LogP contribution is -2.52. The second kappa shape index (κ2) is 7.69. The lowest BCUT2D eigenvalue weighted by molar-refractivity contribution is 0.191. The van der Waals surface area contributed by atoms with Crippen molar-refractivity contribution in [3.8, 4) is 0 Å². The molecule has 0 spiro atoms. The second-order valence-electron chi connectivity index (χ2n) is 9.80. The minimum Gasteiger partial charge on any atom is -0.281 e. The van der Waals surface area contributed by atoms with Gasteiger partial charge >= 0.3 is 0 Å². The summed E-state index contributed by atoms with van der Waals surface area (Å²) in [5, 5.41) is 0. The van der Waals surface area contributed by atoms with Gasteiger partial charge in [0.1, 0.15) is 0 Å². The number of nitrogens with zero attached hydrogens (tertiary/aromatic N) is 2. The van der Waals surface area contributed by atoms with Crippen LogP contribution in [0.4, 0.5) is 0 Å². The quantitative estimate of drug-likeness (QED) is 0.394.